The zero-order chi connectivity index (χ0) is 42.8. The number of benzene rings is 6. The zero-order valence-electron chi connectivity index (χ0n) is 36.8. The Labute approximate surface area is 375 Å². The van der Waals surface area contributed by atoms with E-state index < -0.39 is 0 Å². The summed E-state index contributed by atoms with van der Waals surface area (Å²) in [5, 5.41) is 3.80. The summed E-state index contributed by atoms with van der Waals surface area (Å²) in [5.74, 6) is 0. The Bertz CT molecular complexity index is 3370. The quantitative estimate of drug-likeness (QED) is 0.164. The van der Waals surface area contributed by atoms with Crippen LogP contribution in [0.1, 0.15) is 71.1 Å². The lowest BCUT2D eigenvalue weighted by Gasteiger charge is -2.43. The molecule has 0 saturated carbocycles. The molecule has 9 aromatic rings. The smallest absolute Gasteiger partial charge is 0.265 e. The number of hydrogen-bond donors (Lipinski definition) is 0. The summed E-state index contributed by atoms with van der Waals surface area (Å²) in [4.78, 5) is 5.06. The molecule has 1 aliphatic carbocycles. The Kier molecular flexibility index (Phi) is 8.37. The van der Waals surface area contributed by atoms with Crippen LogP contribution in [0.15, 0.2) is 158 Å². The van der Waals surface area contributed by atoms with Crippen molar-refractivity contribution in [1.82, 2.24) is 4.57 Å². The van der Waals surface area contributed by atoms with Crippen LogP contribution in [-0.4, -0.2) is 11.3 Å². The van der Waals surface area contributed by atoms with Crippen molar-refractivity contribution in [2.24, 2.45) is 0 Å². The molecule has 2 aliphatic heterocycles. The highest BCUT2D eigenvalue weighted by atomic mass is 32.1. The third-order valence-electron chi connectivity index (χ3n) is 13.6. The average molecular weight is 830 g/mol. The summed E-state index contributed by atoms with van der Waals surface area (Å²) in [6.07, 6.45) is 8.85. The largest absolute Gasteiger partial charge is 0.309 e. The molecule has 4 heterocycles. The predicted octanol–water partition coefficient (Wildman–Crippen LogP) is 14.0. The first kappa shape index (κ1) is 38.0. The van der Waals surface area contributed by atoms with Gasteiger partial charge in [-0.25, -0.2) is 0 Å². The van der Waals surface area contributed by atoms with Gasteiger partial charge in [0.25, 0.3) is 6.71 Å². The Balaban J connectivity index is 1.19. The SMILES string of the molecule is CC(C)(C)c1ccc(N2c3cc#cc4c3B(c3cc(C(C)(C)C)ccc3N4c3ccccc3C3=CC=CCC3)c3sc4cc5c(cc4c32)c2ccccc2n5-c2ccccc2)cc1. The van der Waals surface area contributed by atoms with E-state index in [-0.39, 0.29) is 17.5 Å². The second kappa shape index (κ2) is 13.9. The summed E-state index contributed by atoms with van der Waals surface area (Å²) in [7, 11) is 0. The maximum atomic E-state index is 3.77. The second-order valence-electron chi connectivity index (χ2n) is 19.5. The summed E-state index contributed by atoms with van der Waals surface area (Å²) in [5.41, 5.74) is 18.5. The highest BCUT2D eigenvalue weighted by molar-refractivity contribution is 7.33. The van der Waals surface area contributed by atoms with Gasteiger partial charge in [0.05, 0.1) is 33.8 Å². The normalized spacial score (nSPS) is 14.5. The van der Waals surface area contributed by atoms with E-state index in [1.807, 2.05) is 11.3 Å². The fraction of sp³-hybridized carbons (Fsp3) is 0.172. The van der Waals surface area contributed by atoms with Gasteiger partial charge in [0.2, 0.25) is 0 Å². The zero-order valence-corrected chi connectivity index (χ0v) is 37.6. The van der Waals surface area contributed by atoms with Gasteiger partial charge in [-0.1, -0.05) is 145 Å². The monoisotopic (exact) mass is 829 g/mol. The van der Waals surface area contributed by atoms with Gasteiger partial charge in [0.1, 0.15) is 0 Å². The molecule has 0 amide bonds. The Hall–Kier alpha value is -6.74. The number of anilines is 6. The fourth-order valence-electron chi connectivity index (χ4n) is 10.5. The van der Waals surface area contributed by atoms with Crippen LogP contribution in [0, 0.1) is 12.1 Å². The molecule has 3 aliphatic rings. The van der Waals surface area contributed by atoms with Crippen LogP contribution in [0.3, 0.4) is 0 Å². The minimum absolute atomic E-state index is 0.0109. The van der Waals surface area contributed by atoms with E-state index >= 15 is 0 Å². The molecule has 0 saturated heterocycles. The van der Waals surface area contributed by atoms with E-state index in [0.717, 1.165) is 29.9 Å². The van der Waals surface area contributed by atoms with Crippen molar-refractivity contribution >= 4 is 105 Å². The lowest BCUT2D eigenvalue weighted by Crippen LogP contribution is -2.60. The number of para-hydroxylation sites is 3. The van der Waals surface area contributed by atoms with Gasteiger partial charge in [-0.05, 0) is 112 Å². The van der Waals surface area contributed by atoms with Gasteiger partial charge in [-0.2, -0.15) is 0 Å². The van der Waals surface area contributed by atoms with E-state index in [2.05, 4.69) is 226 Å². The van der Waals surface area contributed by atoms with Gasteiger partial charge in [0, 0.05) is 54.3 Å². The van der Waals surface area contributed by atoms with Crippen molar-refractivity contribution in [3.63, 3.8) is 0 Å². The third-order valence-corrected chi connectivity index (χ3v) is 14.8. The lowest BCUT2D eigenvalue weighted by molar-refractivity contribution is 0.590. The first-order chi connectivity index (χ1) is 30.5. The number of thiophene rings is 1. The molecule has 63 heavy (non-hydrogen) atoms. The Morgan fingerprint density at radius 2 is 1.37 bits per heavy atom. The number of allylic oxidation sites excluding steroid dienone is 4. The van der Waals surface area contributed by atoms with Crippen LogP contribution in [0.4, 0.5) is 34.1 Å². The highest BCUT2D eigenvalue weighted by Gasteiger charge is 2.46. The second-order valence-corrected chi connectivity index (χ2v) is 20.6. The molecular formula is C58H48BN3S. The van der Waals surface area contributed by atoms with Crippen molar-refractivity contribution in [2.75, 3.05) is 9.80 Å². The predicted molar refractivity (Wildman–Crippen MR) is 272 cm³/mol. The van der Waals surface area contributed by atoms with Gasteiger partial charge in [0.15, 0.2) is 0 Å². The number of fused-ring (bicyclic) bond motifs is 9. The maximum Gasteiger partial charge on any atom is 0.265 e. The minimum Gasteiger partial charge on any atom is -0.309 e. The van der Waals surface area contributed by atoms with Crippen LogP contribution >= 0.6 is 11.3 Å². The lowest BCUT2D eigenvalue weighted by atomic mass is 9.36. The molecular weight excluding hydrogens is 782 g/mol. The molecule has 0 radical (unpaired) electrons. The van der Waals surface area contributed by atoms with Crippen LogP contribution in [0.25, 0.3) is 43.2 Å². The molecule has 0 unspecified atom stereocenters. The van der Waals surface area contributed by atoms with Crippen LogP contribution in [-0.2, 0) is 10.8 Å². The van der Waals surface area contributed by atoms with Crippen LogP contribution in [0.2, 0.25) is 0 Å². The van der Waals surface area contributed by atoms with E-state index in [4.69, 9.17) is 0 Å². The van der Waals surface area contributed by atoms with Crippen molar-refractivity contribution in [1.29, 1.82) is 0 Å². The molecule has 3 nitrogen and oxygen atoms in total. The van der Waals surface area contributed by atoms with Gasteiger partial charge >= 0.3 is 0 Å². The molecule has 0 fully saturated rings. The molecule has 0 atom stereocenters. The summed E-state index contributed by atoms with van der Waals surface area (Å²) in [6.45, 7) is 13.9. The molecule has 12 rings (SSSR count). The topological polar surface area (TPSA) is 11.4 Å². The van der Waals surface area contributed by atoms with E-state index in [0.29, 0.717) is 0 Å². The molecule has 2 aromatic heterocycles. The van der Waals surface area contributed by atoms with E-state index in [1.165, 1.54) is 92.6 Å². The van der Waals surface area contributed by atoms with Crippen molar-refractivity contribution < 1.29 is 0 Å². The average Bonchev–Trinajstić information content (AvgIpc) is 3.83. The van der Waals surface area contributed by atoms with E-state index in [1.54, 1.807) is 0 Å². The van der Waals surface area contributed by atoms with Gasteiger partial charge in [-0.3, -0.25) is 0 Å². The minimum atomic E-state index is -0.0374. The first-order valence-corrected chi connectivity index (χ1v) is 23.2. The van der Waals surface area contributed by atoms with Crippen molar-refractivity contribution in [2.45, 2.75) is 65.2 Å². The molecule has 5 heteroatoms. The number of hydrogen-bond acceptors (Lipinski definition) is 3. The summed E-state index contributed by atoms with van der Waals surface area (Å²) in [6, 6.07) is 59.8. The number of aromatic nitrogens is 1. The molecule has 0 N–H and O–H groups in total. The third kappa shape index (κ3) is 5.81. The Morgan fingerprint density at radius 3 is 2.14 bits per heavy atom. The van der Waals surface area contributed by atoms with Gasteiger partial charge < -0.3 is 14.4 Å². The van der Waals surface area contributed by atoms with Crippen LogP contribution < -0.4 is 25.5 Å². The number of rotatable bonds is 4. The Morgan fingerprint density at radius 1 is 0.619 bits per heavy atom. The van der Waals surface area contributed by atoms with Gasteiger partial charge in [-0.15, -0.1) is 11.3 Å². The van der Waals surface area contributed by atoms with E-state index in [9.17, 15) is 0 Å². The molecule has 0 spiro atoms. The standard InChI is InChI=1S/C58H48BN3S/c1-57(2,3)38-28-31-41(32-29-38)61-50-26-17-27-51-54(50)59(46-34-39(58(4,5)6)30-33-49(46)62(51)47-24-15-13-22-42(47)37-18-9-7-10-19-37)56-55(61)45-35-44-43-23-14-16-25-48(43)60(40-20-11-8-12-21-40)52(44)36-53(45)63-56/h7-9,11-16,18,20-26,28-36H,10,19H2,1-6H3. The molecule has 304 valence electrons. The fourth-order valence-corrected chi connectivity index (χ4v) is 11.8. The summed E-state index contributed by atoms with van der Waals surface area (Å²) < 4.78 is 5.09. The highest BCUT2D eigenvalue weighted by Crippen LogP contribution is 2.50. The van der Waals surface area contributed by atoms with Crippen molar-refractivity contribution in [3.05, 3.63) is 187 Å². The maximum absolute atomic E-state index is 3.77. The number of nitrogens with zero attached hydrogens (tertiary/aromatic N) is 3. The van der Waals surface area contributed by atoms with Crippen molar-refractivity contribution in [3.8, 4) is 5.69 Å². The summed E-state index contributed by atoms with van der Waals surface area (Å²) >= 11 is 1.96. The first-order valence-electron chi connectivity index (χ1n) is 22.4. The molecule has 0 bridgehead atoms. The molecule has 7 aromatic carbocycles. The van der Waals surface area contributed by atoms with Crippen LogP contribution in [0.5, 0.6) is 0 Å².